The van der Waals surface area contributed by atoms with Crippen molar-refractivity contribution in [2.24, 2.45) is 0 Å². The number of methoxy groups -OCH3 is 1. The van der Waals surface area contributed by atoms with Crippen molar-refractivity contribution < 1.29 is 4.74 Å². The van der Waals surface area contributed by atoms with E-state index in [2.05, 4.69) is 15.3 Å². The monoisotopic (exact) mass is 235 g/mol. The maximum atomic E-state index is 5.73. The highest BCUT2D eigenvalue weighted by atomic mass is 16.5. The lowest BCUT2D eigenvalue weighted by Crippen LogP contribution is -2.28. The second kappa shape index (κ2) is 5.10. The quantitative estimate of drug-likeness (QED) is 0.866. The van der Waals surface area contributed by atoms with Crippen molar-refractivity contribution in [3.8, 4) is 0 Å². The van der Waals surface area contributed by atoms with Crippen LogP contribution in [0.5, 0.6) is 0 Å². The Morgan fingerprint density at radius 3 is 2.65 bits per heavy atom. The molecule has 4 heteroatoms. The number of rotatable bonds is 4. The molecule has 0 bridgehead atoms. The normalized spacial score (nSPS) is 18.5. The number of aromatic nitrogens is 2. The Bertz CT molecular complexity index is 386. The molecular weight excluding hydrogens is 214 g/mol. The molecule has 1 aromatic rings. The predicted octanol–water partition coefficient (Wildman–Crippen LogP) is 1.92. The van der Waals surface area contributed by atoms with E-state index in [1.54, 1.807) is 7.11 Å². The van der Waals surface area contributed by atoms with Gasteiger partial charge in [-0.05, 0) is 45.7 Å². The first-order chi connectivity index (χ1) is 8.20. The van der Waals surface area contributed by atoms with Crippen LogP contribution in [0.4, 0.5) is 0 Å². The van der Waals surface area contributed by atoms with E-state index in [0.29, 0.717) is 0 Å². The predicted molar refractivity (Wildman–Crippen MR) is 66.7 cm³/mol. The zero-order valence-corrected chi connectivity index (χ0v) is 10.9. The minimum absolute atomic E-state index is 0.242. The topological polar surface area (TPSA) is 47.0 Å². The Morgan fingerprint density at radius 1 is 1.35 bits per heavy atom. The van der Waals surface area contributed by atoms with Crippen molar-refractivity contribution in [1.82, 2.24) is 15.3 Å². The second-order valence-corrected chi connectivity index (χ2v) is 4.76. The summed E-state index contributed by atoms with van der Waals surface area (Å²) < 4.78 is 5.73. The molecule has 0 spiro atoms. The summed E-state index contributed by atoms with van der Waals surface area (Å²) >= 11 is 0. The van der Waals surface area contributed by atoms with E-state index in [0.717, 1.165) is 36.6 Å². The van der Waals surface area contributed by atoms with Crippen LogP contribution < -0.4 is 5.32 Å². The fourth-order valence-electron chi connectivity index (χ4n) is 2.57. The second-order valence-electron chi connectivity index (χ2n) is 4.76. The zero-order valence-electron chi connectivity index (χ0n) is 10.9. The first-order valence-electron chi connectivity index (χ1n) is 6.25. The van der Waals surface area contributed by atoms with Gasteiger partial charge in [-0.3, -0.25) is 0 Å². The molecule has 0 aromatic carbocycles. The van der Waals surface area contributed by atoms with Gasteiger partial charge >= 0.3 is 0 Å². The molecule has 1 heterocycles. The van der Waals surface area contributed by atoms with Crippen LogP contribution in [0.2, 0.25) is 0 Å². The molecule has 0 saturated heterocycles. The Labute approximate surface area is 103 Å². The van der Waals surface area contributed by atoms with E-state index in [1.165, 1.54) is 12.8 Å². The molecule has 1 N–H and O–H groups in total. The summed E-state index contributed by atoms with van der Waals surface area (Å²) in [6, 6.07) is 2.03. The minimum atomic E-state index is -0.242. The highest BCUT2D eigenvalue weighted by Crippen LogP contribution is 2.39. The van der Waals surface area contributed by atoms with Crippen molar-refractivity contribution >= 4 is 0 Å². The first-order valence-corrected chi connectivity index (χ1v) is 6.25. The van der Waals surface area contributed by atoms with Crippen LogP contribution in [0.3, 0.4) is 0 Å². The van der Waals surface area contributed by atoms with Crippen LogP contribution in [0.25, 0.3) is 0 Å². The van der Waals surface area contributed by atoms with Gasteiger partial charge in [-0.2, -0.15) is 0 Å². The van der Waals surface area contributed by atoms with E-state index in [-0.39, 0.29) is 5.60 Å². The van der Waals surface area contributed by atoms with E-state index in [9.17, 15) is 0 Å². The van der Waals surface area contributed by atoms with Crippen molar-refractivity contribution in [1.29, 1.82) is 0 Å². The van der Waals surface area contributed by atoms with Gasteiger partial charge < -0.3 is 10.1 Å². The summed E-state index contributed by atoms with van der Waals surface area (Å²) in [5.74, 6) is 0.864. The largest absolute Gasteiger partial charge is 0.370 e. The standard InChI is InChI=1S/C13H21N3O/c1-10-8-11(9-14-2)16-12(15-10)13(17-3)6-4-5-7-13/h8,14H,4-7,9H2,1-3H3. The van der Waals surface area contributed by atoms with Gasteiger partial charge in [0.2, 0.25) is 0 Å². The summed E-state index contributed by atoms with van der Waals surface area (Å²) in [7, 11) is 3.70. The number of nitrogens with one attached hydrogen (secondary N) is 1. The SMILES string of the molecule is CNCc1cc(C)nc(C2(OC)CCCC2)n1. The molecule has 0 unspecified atom stereocenters. The maximum absolute atomic E-state index is 5.73. The molecule has 0 atom stereocenters. The lowest BCUT2D eigenvalue weighted by Gasteiger charge is -2.26. The highest BCUT2D eigenvalue weighted by molar-refractivity contribution is 5.15. The molecule has 94 valence electrons. The Balaban J connectivity index is 2.36. The smallest absolute Gasteiger partial charge is 0.160 e. The molecular formula is C13H21N3O. The summed E-state index contributed by atoms with van der Waals surface area (Å²) in [6.07, 6.45) is 4.47. The summed E-state index contributed by atoms with van der Waals surface area (Å²) in [5.41, 5.74) is 1.82. The van der Waals surface area contributed by atoms with Gasteiger partial charge in [-0.15, -0.1) is 0 Å². The van der Waals surface area contributed by atoms with Crippen molar-refractivity contribution in [2.75, 3.05) is 14.2 Å². The number of hydrogen-bond acceptors (Lipinski definition) is 4. The minimum Gasteiger partial charge on any atom is -0.370 e. The molecule has 0 amide bonds. The molecule has 1 fully saturated rings. The van der Waals surface area contributed by atoms with Gasteiger partial charge in [-0.25, -0.2) is 9.97 Å². The van der Waals surface area contributed by atoms with Gasteiger partial charge in [0.05, 0.1) is 5.69 Å². The fraction of sp³-hybridized carbons (Fsp3) is 0.692. The van der Waals surface area contributed by atoms with Crippen molar-refractivity contribution in [3.63, 3.8) is 0 Å². The molecule has 1 aromatic heterocycles. The Kier molecular flexibility index (Phi) is 3.74. The van der Waals surface area contributed by atoms with E-state index < -0.39 is 0 Å². The van der Waals surface area contributed by atoms with Crippen LogP contribution in [0, 0.1) is 6.92 Å². The summed E-state index contributed by atoms with van der Waals surface area (Å²) in [6.45, 7) is 2.79. The first kappa shape index (κ1) is 12.5. The maximum Gasteiger partial charge on any atom is 0.160 e. The fourth-order valence-corrected chi connectivity index (χ4v) is 2.57. The number of nitrogens with zero attached hydrogens (tertiary/aromatic N) is 2. The molecule has 1 aliphatic rings. The molecule has 1 saturated carbocycles. The van der Waals surface area contributed by atoms with Crippen LogP contribution >= 0.6 is 0 Å². The van der Waals surface area contributed by atoms with Gasteiger partial charge in [0.25, 0.3) is 0 Å². The van der Waals surface area contributed by atoms with Crippen LogP contribution in [0.15, 0.2) is 6.07 Å². The molecule has 4 nitrogen and oxygen atoms in total. The average Bonchev–Trinajstić information content (AvgIpc) is 2.78. The molecule has 1 aliphatic carbocycles. The van der Waals surface area contributed by atoms with E-state index in [4.69, 9.17) is 4.74 Å². The van der Waals surface area contributed by atoms with Crippen LogP contribution in [-0.4, -0.2) is 24.1 Å². The number of aryl methyl sites for hydroxylation is 1. The average molecular weight is 235 g/mol. The molecule has 2 rings (SSSR count). The van der Waals surface area contributed by atoms with Crippen LogP contribution in [-0.2, 0) is 16.9 Å². The van der Waals surface area contributed by atoms with Gasteiger partial charge in [0, 0.05) is 19.3 Å². The number of hydrogen-bond donors (Lipinski definition) is 1. The summed E-state index contributed by atoms with van der Waals surface area (Å²) in [5, 5.41) is 3.13. The lowest BCUT2D eigenvalue weighted by atomic mass is 10.0. The summed E-state index contributed by atoms with van der Waals surface area (Å²) in [4.78, 5) is 9.23. The van der Waals surface area contributed by atoms with Gasteiger partial charge in [-0.1, -0.05) is 0 Å². The zero-order chi connectivity index (χ0) is 12.3. The van der Waals surface area contributed by atoms with E-state index in [1.807, 2.05) is 20.0 Å². The van der Waals surface area contributed by atoms with Gasteiger partial charge in [0.1, 0.15) is 5.60 Å². The number of ether oxygens (including phenoxy) is 1. The van der Waals surface area contributed by atoms with E-state index >= 15 is 0 Å². The molecule has 17 heavy (non-hydrogen) atoms. The third-order valence-corrected chi connectivity index (χ3v) is 3.47. The van der Waals surface area contributed by atoms with Gasteiger partial charge in [0.15, 0.2) is 5.82 Å². The van der Waals surface area contributed by atoms with Crippen LogP contribution in [0.1, 0.15) is 42.9 Å². The van der Waals surface area contributed by atoms with Crippen molar-refractivity contribution in [2.45, 2.75) is 44.8 Å². The lowest BCUT2D eigenvalue weighted by molar-refractivity contribution is -0.0166. The third kappa shape index (κ3) is 2.48. The Morgan fingerprint density at radius 2 is 2.06 bits per heavy atom. The Hall–Kier alpha value is -1.00. The molecule has 0 radical (unpaired) electrons. The third-order valence-electron chi connectivity index (χ3n) is 3.47. The highest BCUT2D eigenvalue weighted by Gasteiger charge is 2.38. The molecule has 0 aliphatic heterocycles. The van der Waals surface area contributed by atoms with Crippen molar-refractivity contribution in [3.05, 3.63) is 23.3 Å².